The van der Waals surface area contributed by atoms with Gasteiger partial charge in [0, 0.05) is 12.2 Å². The van der Waals surface area contributed by atoms with E-state index in [0.29, 0.717) is 19.3 Å². The number of nitrogens with zero attached hydrogens (tertiary/aromatic N) is 1. The van der Waals surface area contributed by atoms with Crippen molar-refractivity contribution in [2.45, 2.75) is 24.5 Å². The quantitative estimate of drug-likeness (QED) is 0.593. The van der Waals surface area contributed by atoms with Gasteiger partial charge in [0.2, 0.25) is 5.78 Å². The van der Waals surface area contributed by atoms with Crippen molar-refractivity contribution in [2.24, 2.45) is 0 Å². The minimum absolute atomic E-state index is 0.0582. The van der Waals surface area contributed by atoms with Crippen molar-refractivity contribution in [3.05, 3.63) is 30.3 Å². The van der Waals surface area contributed by atoms with Gasteiger partial charge in [-0.15, -0.1) is 0 Å². The number of carbonyl (C=O) groups is 2. The van der Waals surface area contributed by atoms with E-state index in [0.717, 1.165) is 18.7 Å². The Balaban J connectivity index is 1.89. The number of ketones is 1. The van der Waals surface area contributed by atoms with Gasteiger partial charge in [-0.05, 0) is 25.0 Å². The van der Waals surface area contributed by atoms with Crippen molar-refractivity contribution >= 4 is 17.8 Å². The maximum absolute atomic E-state index is 11.8. The lowest BCUT2D eigenvalue weighted by Gasteiger charge is -2.39. The van der Waals surface area contributed by atoms with E-state index in [9.17, 15) is 9.59 Å². The molecule has 0 saturated carbocycles. The highest BCUT2D eigenvalue weighted by molar-refractivity contribution is 6.29. The zero-order chi connectivity index (χ0) is 12.6. The van der Waals surface area contributed by atoms with E-state index >= 15 is 0 Å². The predicted octanol–water partition coefficient (Wildman–Crippen LogP) is 1.19. The van der Waals surface area contributed by atoms with E-state index in [4.69, 9.17) is 4.74 Å². The molecule has 2 fully saturated rings. The Labute approximate surface area is 106 Å². The Hall–Kier alpha value is -1.68. The van der Waals surface area contributed by atoms with Crippen LogP contribution in [0.25, 0.3) is 0 Å². The molecule has 2 aliphatic rings. The fourth-order valence-corrected chi connectivity index (χ4v) is 2.90. The van der Waals surface area contributed by atoms with Crippen LogP contribution in [-0.2, 0) is 14.3 Å². The molecule has 4 nitrogen and oxygen atoms in total. The smallest absolute Gasteiger partial charge is 0.228 e. The summed E-state index contributed by atoms with van der Waals surface area (Å²) in [6.07, 6.45) is 1.96. The first-order chi connectivity index (χ1) is 8.73. The number of para-hydroxylation sites is 1. The molecule has 1 aromatic rings. The maximum atomic E-state index is 11.8. The van der Waals surface area contributed by atoms with Crippen LogP contribution in [-0.4, -0.2) is 36.9 Å². The summed E-state index contributed by atoms with van der Waals surface area (Å²) < 4.78 is 5.77. The molecule has 0 N–H and O–H groups in total. The molecule has 0 radical (unpaired) electrons. The Morgan fingerprint density at radius 1 is 1.39 bits per heavy atom. The number of carbonyl (C=O) groups excluding carboxylic acids is 2. The molecule has 0 aliphatic carbocycles. The third kappa shape index (κ3) is 1.73. The second-order valence-corrected chi connectivity index (χ2v) is 4.97. The molecule has 0 amide bonds. The molecular formula is C14H15NO3. The number of hydrogen-bond acceptors (Lipinski definition) is 4. The topological polar surface area (TPSA) is 46.6 Å². The predicted molar refractivity (Wildman–Crippen MR) is 66.6 cm³/mol. The first-order valence-electron chi connectivity index (χ1n) is 6.21. The Kier molecular flexibility index (Phi) is 2.67. The summed E-state index contributed by atoms with van der Waals surface area (Å²) in [5.74, 6) is -0.425. The van der Waals surface area contributed by atoms with Crippen LogP contribution in [0.1, 0.15) is 12.8 Å². The number of ether oxygens (including phenoxy) is 1. The molecular weight excluding hydrogens is 230 g/mol. The van der Waals surface area contributed by atoms with E-state index in [-0.39, 0.29) is 6.10 Å². The van der Waals surface area contributed by atoms with Crippen LogP contribution in [0.5, 0.6) is 0 Å². The largest absolute Gasteiger partial charge is 0.366 e. The average molecular weight is 245 g/mol. The van der Waals surface area contributed by atoms with Gasteiger partial charge >= 0.3 is 0 Å². The van der Waals surface area contributed by atoms with Gasteiger partial charge in [-0.2, -0.15) is 0 Å². The SMILES string of the molecule is O=CC(=O)C12CCC(CN(c3ccccc3)C1)O2. The molecule has 4 heteroatoms. The summed E-state index contributed by atoms with van der Waals surface area (Å²) in [5, 5.41) is 0. The van der Waals surface area contributed by atoms with Crippen LogP contribution in [0.15, 0.2) is 30.3 Å². The third-order valence-electron chi connectivity index (χ3n) is 3.81. The van der Waals surface area contributed by atoms with Crippen molar-refractivity contribution in [2.75, 3.05) is 18.0 Å². The average Bonchev–Trinajstić information content (AvgIpc) is 2.75. The van der Waals surface area contributed by atoms with Crippen molar-refractivity contribution in [3.63, 3.8) is 0 Å². The number of Topliss-reactive ketones (excluding diaryl/α,β-unsaturated/α-hetero) is 1. The monoisotopic (exact) mass is 245 g/mol. The maximum Gasteiger partial charge on any atom is 0.228 e. The summed E-state index contributed by atoms with van der Waals surface area (Å²) in [5.41, 5.74) is 0.177. The van der Waals surface area contributed by atoms with Gasteiger partial charge in [-0.3, -0.25) is 9.59 Å². The zero-order valence-corrected chi connectivity index (χ0v) is 10.0. The summed E-state index contributed by atoms with van der Waals surface area (Å²) >= 11 is 0. The number of hydrogen-bond donors (Lipinski definition) is 0. The van der Waals surface area contributed by atoms with E-state index in [1.165, 1.54) is 0 Å². The van der Waals surface area contributed by atoms with Gasteiger partial charge in [0.1, 0.15) is 0 Å². The molecule has 94 valence electrons. The fourth-order valence-electron chi connectivity index (χ4n) is 2.90. The second kappa shape index (κ2) is 4.21. The first-order valence-corrected chi connectivity index (χ1v) is 6.21. The van der Waals surface area contributed by atoms with Crippen molar-refractivity contribution in [3.8, 4) is 0 Å². The Bertz CT molecular complexity index is 473. The molecule has 3 rings (SSSR count). The summed E-state index contributed by atoms with van der Waals surface area (Å²) in [6.45, 7) is 1.27. The highest BCUT2D eigenvalue weighted by Gasteiger charge is 2.51. The van der Waals surface area contributed by atoms with E-state index < -0.39 is 11.4 Å². The first kappa shape index (κ1) is 11.4. The van der Waals surface area contributed by atoms with Crippen molar-refractivity contribution in [1.29, 1.82) is 0 Å². The molecule has 0 aromatic heterocycles. The van der Waals surface area contributed by atoms with E-state index in [1.807, 2.05) is 30.3 Å². The number of anilines is 1. The zero-order valence-electron chi connectivity index (χ0n) is 10.0. The van der Waals surface area contributed by atoms with Crippen LogP contribution in [0.2, 0.25) is 0 Å². The minimum atomic E-state index is -0.902. The second-order valence-electron chi connectivity index (χ2n) is 4.97. The molecule has 2 aliphatic heterocycles. The third-order valence-corrected chi connectivity index (χ3v) is 3.81. The number of aldehydes is 1. The molecule has 2 atom stereocenters. The summed E-state index contributed by atoms with van der Waals surface area (Å²) in [6, 6.07) is 9.94. The molecule has 2 bridgehead atoms. The van der Waals surface area contributed by atoms with E-state index in [2.05, 4.69) is 4.90 Å². The lowest BCUT2D eigenvalue weighted by atomic mass is 9.95. The molecule has 1 aromatic carbocycles. The minimum Gasteiger partial charge on any atom is -0.366 e. The number of rotatable bonds is 3. The standard InChI is InChI=1S/C14H15NO3/c16-9-13(17)14-7-6-12(18-14)8-15(10-14)11-4-2-1-3-5-11/h1-5,9,12H,6-8,10H2. The Morgan fingerprint density at radius 2 is 2.17 bits per heavy atom. The number of morpholine rings is 1. The van der Waals surface area contributed by atoms with Crippen LogP contribution >= 0.6 is 0 Å². The van der Waals surface area contributed by atoms with Crippen LogP contribution in [0.3, 0.4) is 0 Å². The Morgan fingerprint density at radius 3 is 2.89 bits per heavy atom. The van der Waals surface area contributed by atoms with Gasteiger partial charge in [-0.1, -0.05) is 18.2 Å². The molecule has 18 heavy (non-hydrogen) atoms. The summed E-state index contributed by atoms with van der Waals surface area (Å²) in [4.78, 5) is 24.7. The van der Waals surface area contributed by atoms with Gasteiger partial charge in [0.15, 0.2) is 11.9 Å². The lowest BCUT2D eigenvalue weighted by molar-refractivity contribution is -0.148. The number of benzene rings is 1. The van der Waals surface area contributed by atoms with Crippen LogP contribution < -0.4 is 4.90 Å². The van der Waals surface area contributed by atoms with Crippen molar-refractivity contribution in [1.82, 2.24) is 0 Å². The summed E-state index contributed by atoms with van der Waals surface area (Å²) in [7, 11) is 0. The molecule has 2 saturated heterocycles. The van der Waals surface area contributed by atoms with E-state index in [1.54, 1.807) is 0 Å². The van der Waals surface area contributed by atoms with Gasteiger partial charge in [0.25, 0.3) is 0 Å². The lowest BCUT2D eigenvalue weighted by Crippen LogP contribution is -2.55. The fraction of sp³-hybridized carbons (Fsp3) is 0.429. The van der Waals surface area contributed by atoms with Crippen LogP contribution in [0.4, 0.5) is 5.69 Å². The van der Waals surface area contributed by atoms with Crippen molar-refractivity contribution < 1.29 is 14.3 Å². The van der Waals surface area contributed by atoms with Gasteiger partial charge in [0.05, 0.1) is 12.6 Å². The number of fused-ring (bicyclic) bond motifs is 2. The van der Waals surface area contributed by atoms with Gasteiger partial charge in [-0.25, -0.2) is 0 Å². The molecule has 0 spiro atoms. The molecule has 2 unspecified atom stereocenters. The van der Waals surface area contributed by atoms with Crippen LogP contribution in [0, 0.1) is 0 Å². The highest BCUT2D eigenvalue weighted by atomic mass is 16.5. The normalized spacial score (nSPS) is 30.2. The van der Waals surface area contributed by atoms with Gasteiger partial charge < -0.3 is 9.64 Å². The highest BCUT2D eigenvalue weighted by Crippen LogP contribution is 2.37. The molecule has 2 heterocycles.